The zero-order valence-corrected chi connectivity index (χ0v) is 20.4. The maximum Gasteiger partial charge on any atom is 0.259 e. The number of methoxy groups -OCH3 is 2. The SMILES string of the molecule is COCCn1c(C)cc(O)c(C(c2cccc(OC)c2)N2CCN(c3ccc(F)cc3)CC2)c1=O. The highest BCUT2D eigenvalue weighted by molar-refractivity contribution is 5.47. The summed E-state index contributed by atoms with van der Waals surface area (Å²) in [6, 6.07) is 15.3. The molecule has 1 aliphatic heterocycles. The quantitative estimate of drug-likeness (QED) is 0.531. The van der Waals surface area contributed by atoms with Crippen molar-refractivity contribution in [3.05, 3.63) is 87.6 Å². The zero-order chi connectivity index (χ0) is 24.9. The van der Waals surface area contributed by atoms with E-state index in [1.54, 1.807) is 37.0 Å². The Kier molecular flexibility index (Phi) is 7.73. The third kappa shape index (κ3) is 5.33. The molecule has 0 spiro atoms. The van der Waals surface area contributed by atoms with Crippen molar-refractivity contribution in [1.29, 1.82) is 0 Å². The van der Waals surface area contributed by atoms with Gasteiger partial charge in [0.1, 0.15) is 17.3 Å². The van der Waals surface area contributed by atoms with Crippen LogP contribution in [0.5, 0.6) is 11.5 Å². The van der Waals surface area contributed by atoms with Crippen LogP contribution in [0.15, 0.2) is 59.4 Å². The summed E-state index contributed by atoms with van der Waals surface area (Å²) in [7, 11) is 3.21. The minimum absolute atomic E-state index is 0.0186. The number of benzene rings is 2. The van der Waals surface area contributed by atoms with Crippen molar-refractivity contribution in [2.45, 2.75) is 19.5 Å². The second-order valence-corrected chi connectivity index (χ2v) is 8.71. The molecule has 0 bridgehead atoms. The Balaban J connectivity index is 1.72. The Morgan fingerprint density at radius 3 is 2.40 bits per heavy atom. The zero-order valence-electron chi connectivity index (χ0n) is 20.4. The van der Waals surface area contributed by atoms with Gasteiger partial charge in [-0.1, -0.05) is 12.1 Å². The number of ether oxygens (including phenoxy) is 2. The Labute approximate surface area is 204 Å². The summed E-state index contributed by atoms with van der Waals surface area (Å²) < 4.78 is 25.7. The predicted octanol–water partition coefficient (Wildman–Crippen LogP) is 3.57. The van der Waals surface area contributed by atoms with Gasteiger partial charge in [0.15, 0.2) is 0 Å². The maximum atomic E-state index is 13.7. The molecule has 1 aliphatic rings. The maximum absolute atomic E-state index is 13.7. The number of piperazine rings is 1. The summed E-state index contributed by atoms with van der Waals surface area (Å²) >= 11 is 0. The predicted molar refractivity (Wildman–Crippen MR) is 134 cm³/mol. The number of aromatic hydroxyl groups is 1. The smallest absolute Gasteiger partial charge is 0.259 e. The van der Waals surface area contributed by atoms with E-state index in [0.717, 1.165) is 11.3 Å². The van der Waals surface area contributed by atoms with E-state index in [0.29, 0.717) is 56.3 Å². The standard InChI is InChI=1S/C27H32FN3O4/c1-19-17-24(32)25(27(33)31(19)15-16-34-2)26(20-5-4-6-23(18-20)35-3)30-13-11-29(12-14-30)22-9-7-21(28)8-10-22/h4-10,17-18,26,32H,11-16H2,1-3H3. The minimum atomic E-state index is -0.456. The number of rotatable bonds is 8. The van der Waals surface area contributed by atoms with E-state index in [-0.39, 0.29) is 17.1 Å². The van der Waals surface area contributed by atoms with Crippen LogP contribution in [0.2, 0.25) is 0 Å². The molecule has 8 heteroatoms. The van der Waals surface area contributed by atoms with Crippen LogP contribution in [0.3, 0.4) is 0 Å². The highest BCUT2D eigenvalue weighted by Crippen LogP contribution is 2.35. The van der Waals surface area contributed by atoms with Gasteiger partial charge in [-0.05, 0) is 55.0 Å². The second-order valence-electron chi connectivity index (χ2n) is 8.71. The van der Waals surface area contributed by atoms with Crippen molar-refractivity contribution in [2.75, 3.05) is 51.9 Å². The van der Waals surface area contributed by atoms with Crippen LogP contribution in [-0.4, -0.2) is 61.6 Å². The lowest BCUT2D eigenvalue weighted by Crippen LogP contribution is -2.49. The lowest BCUT2D eigenvalue weighted by Gasteiger charge is -2.40. The number of anilines is 1. The highest BCUT2D eigenvalue weighted by Gasteiger charge is 2.31. The summed E-state index contributed by atoms with van der Waals surface area (Å²) in [6.07, 6.45) is 0. The summed E-state index contributed by atoms with van der Waals surface area (Å²) in [5, 5.41) is 11.0. The lowest BCUT2D eigenvalue weighted by molar-refractivity contribution is 0.183. The van der Waals surface area contributed by atoms with Crippen LogP contribution in [0, 0.1) is 12.7 Å². The van der Waals surface area contributed by atoms with Gasteiger partial charge in [-0.15, -0.1) is 0 Å². The Hall–Kier alpha value is -3.36. The van der Waals surface area contributed by atoms with E-state index in [1.165, 1.54) is 12.1 Å². The summed E-state index contributed by atoms with van der Waals surface area (Å²) in [4.78, 5) is 18.1. The number of aromatic nitrogens is 1. The van der Waals surface area contributed by atoms with E-state index < -0.39 is 6.04 Å². The Bertz CT molecular complexity index is 1200. The molecule has 1 unspecified atom stereocenters. The molecule has 2 aromatic carbocycles. The Morgan fingerprint density at radius 1 is 1.03 bits per heavy atom. The number of pyridine rings is 1. The molecule has 0 amide bonds. The first-order valence-electron chi connectivity index (χ1n) is 11.7. The first-order valence-corrected chi connectivity index (χ1v) is 11.7. The van der Waals surface area contributed by atoms with Crippen molar-refractivity contribution < 1.29 is 19.0 Å². The third-order valence-electron chi connectivity index (χ3n) is 6.60. The molecule has 35 heavy (non-hydrogen) atoms. The molecular weight excluding hydrogens is 449 g/mol. The molecule has 3 aromatic rings. The van der Waals surface area contributed by atoms with Crippen LogP contribution >= 0.6 is 0 Å². The molecule has 1 saturated heterocycles. The monoisotopic (exact) mass is 481 g/mol. The molecule has 0 saturated carbocycles. The molecular formula is C27H32FN3O4. The molecule has 0 aliphatic carbocycles. The fourth-order valence-electron chi connectivity index (χ4n) is 4.75. The average Bonchev–Trinajstić information content (AvgIpc) is 2.87. The van der Waals surface area contributed by atoms with Gasteiger partial charge in [0, 0.05) is 51.2 Å². The number of hydrogen-bond acceptors (Lipinski definition) is 6. The van der Waals surface area contributed by atoms with Crippen LogP contribution < -0.4 is 15.2 Å². The van der Waals surface area contributed by atoms with Crippen molar-refractivity contribution in [3.8, 4) is 11.5 Å². The molecule has 1 atom stereocenters. The summed E-state index contributed by atoms with van der Waals surface area (Å²) in [5.41, 5.74) is 2.63. The van der Waals surface area contributed by atoms with Crippen molar-refractivity contribution >= 4 is 5.69 Å². The van der Waals surface area contributed by atoms with E-state index >= 15 is 0 Å². The van der Waals surface area contributed by atoms with E-state index in [2.05, 4.69) is 9.80 Å². The van der Waals surface area contributed by atoms with Crippen molar-refractivity contribution in [3.63, 3.8) is 0 Å². The minimum Gasteiger partial charge on any atom is -0.507 e. The van der Waals surface area contributed by atoms with Gasteiger partial charge in [-0.3, -0.25) is 9.69 Å². The first-order chi connectivity index (χ1) is 16.9. The van der Waals surface area contributed by atoms with E-state index in [9.17, 15) is 14.3 Å². The van der Waals surface area contributed by atoms with Crippen LogP contribution in [-0.2, 0) is 11.3 Å². The molecule has 1 N–H and O–H groups in total. The summed E-state index contributed by atoms with van der Waals surface area (Å²) in [6.45, 7) is 5.33. The average molecular weight is 482 g/mol. The van der Waals surface area contributed by atoms with Gasteiger partial charge in [-0.2, -0.15) is 0 Å². The topological polar surface area (TPSA) is 67.2 Å². The Morgan fingerprint density at radius 2 is 1.74 bits per heavy atom. The molecule has 2 heterocycles. The number of aryl methyl sites for hydroxylation is 1. The molecule has 1 fully saturated rings. The van der Waals surface area contributed by atoms with Gasteiger partial charge in [0.2, 0.25) is 0 Å². The second kappa shape index (κ2) is 10.9. The fourth-order valence-corrected chi connectivity index (χ4v) is 4.75. The molecule has 1 aromatic heterocycles. The van der Waals surface area contributed by atoms with Crippen LogP contribution in [0.4, 0.5) is 10.1 Å². The van der Waals surface area contributed by atoms with Gasteiger partial charge < -0.3 is 24.0 Å². The molecule has 7 nitrogen and oxygen atoms in total. The van der Waals surface area contributed by atoms with E-state index in [1.807, 2.05) is 31.2 Å². The fraction of sp³-hybridized carbons (Fsp3) is 0.370. The van der Waals surface area contributed by atoms with Gasteiger partial charge in [0.25, 0.3) is 5.56 Å². The first kappa shape index (κ1) is 24.8. The summed E-state index contributed by atoms with van der Waals surface area (Å²) in [5.74, 6) is 0.406. The number of nitrogens with zero attached hydrogens (tertiary/aromatic N) is 3. The van der Waals surface area contributed by atoms with Crippen molar-refractivity contribution in [1.82, 2.24) is 9.47 Å². The molecule has 4 rings (SSSR count). The van der Waals surface area contributed by atoms with Crippen LogP contribution in [0.25, 0.3) is 0 Å². The van der Waals surface area contributed by atoms with Crippen molar-refractivity contribution in [2.24, 2.45) is 0 Å². The van der Waals surface area contributed by atoms with Gasteiger partial charge >= 0.3 is 0 Å². The number of halogens is 1. The highest BCUT2D eigenvalue weighted by atomic mass is 19.1. The normalized spacial score (nSPS) is 15.3. The largest absolute Gasteiger partial charge is 0.507 e. The van der Waals surface area contributed by atoms with Gasteiger partial charge in [-0.25, -0.2) is 4.39 Å². The lowest BCUT2D eigenvalue weighted by atomic mass is 9.95. The van der Waals surface area contributed by atoms with Crippen LogP contribution in [0.1, 0.15) is 22.9 Å². The molecule has 0 radical (unpaired) electrons. The number of hydrogen-bond donors (Lipinski definition) is 1. The van der Waals surface area contributed by atoms with Gasteiger partial charge in [0.05, 0.1) is 25.3 Å². The van der Waals surface area contributed by atoms with E-state index in [4.69, 9.17) is 9.47 Å². The third-order valence-corrected chi connectivity index (χ3v) is 6.60. The molecule has 186 valence electrons.